The molecule has 2 aliphatic rings. The number of nitrogens with one attached hydrogen (secondary N) is 1. The minimum Gasteiger partial charge on any atom is -0.312 e. The molecule has 2 fully saturated rings. The number of halogens is 1. The van der Waals surface area contributed by atoms with E-state index in [-0.39, 0.29) is 0 Å². The van der Waals surface area contributed by atoms with Crippen LogP contribution in [0.3, 0.4) is 0 Å². The lowest BCUT2D eigenvalue weighted by Crippen LogP contribution is -2.42. The number of hydrogen-bond donors (Lipinski definition) is 1. The smallest absolute Gasteiger partial charge is 0.0314 e. The van der Waals surface area contributed by atoms with Crippen LogP contribution in [0.25, 0.3) is 0 Å². The molecule has 0 amide bonds. The predicted molar refractivity (Wildman–Crippen MR) is 85.8 cm³/mol. The summed E-state index contributed by atoms with van der Waals surface area (Å²) >= 11 is 5.49. The fourth-order valence-electron chi connectivity index (χ4n) is 3.70. The van der Waals surface area contributed by atoms with Gasteiger partial charge in [-0.05, 0) is 74.1 Å². The molecule has 1 aromatic rings. The summed E-state index contributed by atoms with van der Waals surface area (Å²) in [7, 11) is 2.32. The lowest BCUT2D eigenvalue weighted by molar-refractivity contribution is 0.133. The number of fused-ring (bicyclic) bond motifs is 2. The second-order valence-electron chi connectivity index (χ2n) is 6.14. The first-order valence-electron chi connectivity index (χ1n) is 7.31. The van der Waals surface area contributed by atoms with Gasteiger partial charge in [-0.1, -0.05) is 0 Å². The van der Waals surface area contributed by atoms with Crippen LogP contribution in [0.5, 0.6) is 0 Å². The van der Waals surface area contributed by atoms with Gasteiger partial charge in [-0.2, -0.15) is 0 Å². The van der Waals surface area contributed by atoms with Gasteiger partial charge in [0.2, 0.25) is 0 Å². The highest BCUT2D eigenvalue weighted by atomic mass is 79.9. The molecule has 2 aliphatic heterocycles. The Morgan fingerprint density at radius 3 is 2.63 bits per heavy atom. The fourth-order valence-corrected chi connectivity index (χ4v) is 5.27. The lowest BCUT2D eigenvalue weighted by Gasteiger charge is -2.36. The van der Waals surface area contributed by atoms with E-state index in [2.05, 4.69) is 46.2 Å². The third kappa shape index (κ3) is 3.07. The Morgan fingerprint density at radius 2 is 2.05 bits per heavy atom. The highest BCUT2D eigenvalue weighted by Gasteiger charge is 2.37. The Morgan fingerprint density at radius 1 is 1.37 bits per heavy atom. The zero-order chi connectivity index (χ0) is 13.4. The van der Waals surface area contributed by atoms with Crippen molar-refractivity contribution < 1.29 is 0 Å². The van der Waals surface area contributed by atoms with Crippen molar-refractivity contribution in [3.63, 3.8) is 0 Å². The molecule has 2 saturated heterocycles. The van der Waals surface area contributed by atoms with Gasteiger partial charge in [-0.3, -0.25) is 0 Å². The zero-order valence-corrected chi connectivity index (χ0v) is 14.2. The molecule has 3 heterocycles. The van der Waals surface area contributed by atoms with Gasteiger partial charge in [0.15, 0.2) is 0 Å². The van der Waals surface area contributed by atoms with Crippen LogP contribution >= 0.6 is 27.3 Å². The van der Waals surface area contributed by atoms with Crippen molar-refractivity contribution in [3.8, 4) is 0 Å². The quantitative estimate of drug-likeness (QED) is 0.895. The van der Waals surface area contributed by atoms with Crippen LogP contribution < -0.4 is 5.32 Å². The van der Waals surface area contributed by atoms with Crippen molar-refractivity contribution in [2.24, 2.45) is 5.92 Å². The number of nitrogens with zero attached hydrogens (tertiary/aromatic N) is 1. The monoisotopic (exact) mass is 342 g/mol. The van der Waals surface area contributed by atoms with Crippen molar-refractivity contribution in [2.75, 3.05) is 13.6 Å². The molecule has 2 atom stereocenters. The molecule has 3 rings (SSSR count). The van der Waals surface area contributed by atoms with E-state index in [0.717, 1.165) is 24.5 Å². The largest absolute Gasteiger partial charge is 0.312 e. The van der Waals surface area contributed by atoms with Gasteiger partial charge in [0.05, 0.1) is 0 Å². The van der Waals surface area contributed by atoms with E-state index in [0.29, 0.717) is 0 Å². The van der Waals surface area contributed by atoms with Crippen molar-refractivity contribution in [3.05, 3.63) is 20.3 Å². The standard InChI is InChI=1S/C15H23BrN2S/c1-10-15(16)7-14(19-10)9-17-8-11-5-12-3-4-13(6-11)18(12)2/h7,11-13,17H,3-6,8-9H2,1-2H3. The van der Waals surface area contributed by atoms with Crippen LogP contribution in [-0.2, 0) is 6.54 Å². The molecular weight excluding hydrogens is 320 g/mol. The molecular formula is C15H23BrN2S. The summed E-state index contributed by atoms with van der Waals surface area (Å²) in [6.07, 6.45) is 5.64. The molecule has 1 N–H and O–H groups in total. The van der Waals surface area contributed by atoms with E-state index in [1.54, 1.807) is 0 Å². The number of rotatable bonds is 4. The highest BCUT2D eigenvalue weighted by Crippen LogP contribution is 2.37. The van der Waals surface area contributed by atoms with Gasteiger partial charge in [0, 0.05) is 32.9 Å². The summed E-state index contributed by atoms with van der Waals surface area (Å²) in [4.78, 5) is 5.45. The van der Waals surface area contributed by atoms with E-state index >= 15 is 0 Å². The van der Waals surface area contributed by atoms with E-state index in [4.69, 9.17) is 0 Å². The van der Waals surface area contributed by atoms with Gasteiger partial charge in [-0.25, -0.2) is 0 Å². The Bertz CT molecular complexity index is 412. The zero-order valence-electron chi connectivity index (χ0n) is 11.8. The molecule has 2 unspecified atom stereocenters. The maximum Gasteiger partial charge on any atom is 0.0314 e. The summed E-state index contributed by atoms with van der Waals surface area (Å²) < 4.78 is 1.26. The molecule has 1 aromatic heterocycles. The Hall–Kier alpha value is 0.100. The molecule has 106 valence electrons. The van der Waals surface area contributed by atoms with E-state index < -0.39 is 0 Å². The van der Waals surface area contributed by atoms with Crippen LogP contribution in [0.2, 0.25) is 0 Å². The minimum atomic E-state index is 0.865. The molecule has 0 saturated carbocycles. The van der Waals surface area contributed by atoms with Crippen LogP contribution in [-0.4, -0.2) is 30.6 Å². The van der Waals surface area contributed by atoms with E-state index in [1.807, 2.05) is 11.3 Å². The second kappa shape index (κ2) is 5.84. The van der Waals surface area contributed by atoms with Gasteiger partial charge >= 0.3 is 0 Å². The number of hydrogen-bond acceptors (Lipinski definition) is 3. The molecule has 19 heavy (non-hydrogen) atoms. The molecule has 2 bridgehead atoms. The summed E-state index contributed by atoms with van der Waals surface area (Å²) in [5, 5.41) is 3.67. The third-order valence-corrected chi connectivity index (χ3v) is 6.97. The van der Waals surface area contributed by atoms with Gasteiger partial charge in [-0.15, -0.1) is 11.3 Å². The first-order chi connectivity index (χ1) is 9.13. The first kappa shape index (κ1) is 14.1. The molecule has 4 heteroatoms. The number of thiophene rings is 1. The van der Waals surface area contributed by atoms with Gasteiger partial charge in [0.1, 0.15) is 0 Å². The van der Waals surface area contributed by atoms with E-state index in [1.165, 1.54) is 46.5 Å². The highest BCUT2D eigenvalue weighted by molar-refractivity contribution is 9.10. The van der Waals surface area contributed by atoms with Crippen molar-refractivity contribution in [1.29, 1.82) is 0 Å². The molecule has 0 spiro atoms. The molecule has 0 aromatic carbocycles. The predicted octanol–water partition coefficient (Wildman–Crippen LogP) is 3.78. The third-order valence-electron chi connectivity index (χ3n) is 4.84. The second-order valence-corrected chi connectivity index (χ2v) is 8.33. The number of piperidine rings is 1. The lowest BCUT2D eigenvalue weighted by atomic mass is 9.91. The van der Waals surface area contributed by atoms with E-state index in [9.17, 15) is 0 Å². The van der Waals surface area contributed by atoms with Gasteiger partial charge < -0.3 is 10.2 Å². The summed E-state index contributed by atoms with van der Waals surface area (Å²) in [5.74, 6) is 0.887. The van der Waals surface area contributed by atoms with Crippen LogP contribution in [0.4, 0.5) is 0 Å². The fraction of sp³-hybridized carbons (Fsp3) is 0.733. The van der Waals surface area contributed by atoms with Crippen LogP contribution in [0.1, 0.15) is 35.4 Å². The maximum atomic E-state index is 3.67. The average molecular weight is 343 g/mol. The summed E-state index contributed by atoms with van der Waals surface area (Å²) in [6.45, 7) is 4.39. The normalized spacial score (nSPS) is 31.0. The van der Waals surface area contributed by atoms with Crippen LogP contribution in [0, 0.1) is 12.8 Å². The van der Waals surface area contributed by atoms with Crippen LogP contribution in [0.15, 0.2) is 10.5 Å². The molecule has 0 aliphatic carbocycles. The summed E-state index contributed by atoms with van der Waals surface area (Å²) in [5.41, 5.74) is 0. The Labute approximate surface area is 128 Å². The number of aryl methyl sites for hydroxylation is 1. The molecule has 0 radical (unpaired) electrons. The summed E-state index contributed by atoms with van der Waals surface area (Å²) in [6, 6.07) is 3.98. The van der Waals surface area contributed by atoms with Crippen molar-refractivity contribution in [1.82, 2.24) is 10.2 Å². The SMILES string of the molecule is Cc1sc(CNCC2CC3CCC(C2)N3C)cc1Br. The maximum absolute atomic E-state index is 3.67. The molecule has 2 nitrogen and oxygen atoms in total. The minimum absolute atomic E-state index is 0.865. The Balaban J connectivity index is 1.46. The first-order valence-corrected chi connectivity index (χ1v) is 8.92. The Kier molecular flexibility index (Phi) is 4.32. The topological polar surface area (TPSA) is 15.3 Å². The van der Waals surface area contributed by atoms with Crippen molar-refractivity contribution in [2.45, 2.75) is 51.2 Å². The average Bonchev–Trinajstić information content (AvgIpc) is 2.78. The van der Waals surface area contributed by atoms with Gasteiger partial charge in [0.25, 0.3) is 0 Å². The van der Waals surface area contributed by atoms with Crippen molar-refractivity contribution >= 4 is 27.3 Å².